The first-order valence-electron chi connectivity index (χ1n) is 7.78. The summed E-state index contributed by atoms with van der Waals surface area (Å²) in [6.45, 7) is 2.69. The van der Waals surface area contributed by atoms with Crippen molar-refractivity contribution in [2.75, 3.05) is 13.2 Å². The van der Waals surface area contributed by atoms with E-state index < -0.39 is 0 Å². The number of nitrogens with zero attached hydrogens (tertiary/aromatic N) is 1. The minimum absolute atomic E-state index is 0.0852. The van der Waals surface area contributed by atoms with E-state index in [4.69, 9.17) is 20.8 Å². The SMILES string of the molecule is CCOC(=O)CCN(Cc1ccco1)C(=O)Cc1ccc(Cl)cc1. The molecule has 24 heavy (non-hydrogen) atoms. The van der Waals surface area contributed by atoms with Crippen molar-refractivity contribution in [1.29, 1.82) is 0 Å². The van der Waals surface area contributed by atoms with Crippen LogP contribution in [0.15, 0.2) is 47.1 Å². The number of furan rings is 1. The van der Waals surface area contributed by atoms with E-state index in [-0.39, 0.29) is 31.3 Å². The maximum atomic E-state index is 12.6. The van der Waals surface area contributed by atoms with Crippen LogP contribution in [-0.4, -0.2) is 29.9 Å². The van der Waals surface area contributed by atoms with Crippen LogP contribution >= 0.6 is 11.6 Å². The molecule has 0 N–H and O–H groups in total. The van der Waals surface area contributed by atoms with E-state index in [1.54, 1.807) is 42.4 Å². The molecule has 1 aromatic carbocycles. The highest BCUT2D eigenvalue weighted by molar-refractivity contribution is 6.30. The highest BCUT2D eigenvalue weighted by atomic mass is 35.5. The Bertz CT molecular complexity index is 652. The third kappa shape index (κ3) is 5.74. The number of rotatable bonds is 8. The number of hydrogen-bond acceptors (Lipinski definition) is 4. The van der Waals surface area contributed by atoms with Gasteiger partial charge in [0.1, 0.15) is 5.76 Å². The van der Waals surface area contributed by atoms with Crippen LogP contribution < -0.4 is 0 Å². The summed E-state index contributed by atoms with van der Waals surface area (Å²) in [4.78, 5) is 25.8. The lowest BCUT2D eigenvalue weighted by Gasteiger charge is -2.21. The van der Waals surface area contributed by atoms with E-state index >= 15 is 0 Å². The fraction of sp³-hybridized carbons (Fsp3) is 0.333. The molecule has 0 aliphatic rings. The Hall–Kier alpha value is -2.27. The summed E-state index contributed by atoms with van der Waals surface area (Å²) in [6.07, 6.45) is 1.95. The number of benzene rings is 1. The first-order chi connectivity index (χ1) is 11.6. The Morgan fingerprint density at radius 1 is 1.21 bits per heavy atom. The average Bonchev–Trinajstić information content (AvgIpc) is 3.07. The zero-order valence-electron chi connectivity index (χ0n) is 13.5. The zero-order valence-corrected chi connectivity index (χ0v) is 14.3. The van der Waals surface area contributed by atoms with E-state index in [1.807, 2.05) is 12.1 Å². The number of carbonyl (C=O) groups is 2. The van der Waals surface area contributed by atoms with Crippen molar-refractivity contribution < 1.29 is 18.7 Å². The molecule has 5 nitrogen and oxygen atoms in total. The molecule has 0 aliphatic heterocycles. The first kappa shape index (κ1) is 18.1. The number of esters is 1. The van der Waals surface area contributed by atoms with Crippen LogP contribution in [0.5, 0.6) is 0 Å². The van der Waals surface area contributed by atoms with Crippen molar-refractivity contribution >= 4 is 23.5 Å². The van der Waals surface area contributed by atoms with E-state index in [0.717, 1.165) is 5.56 Å². The summed E-state index contributed by atoms with van der Waals surface area (Å²) in [5.74, 6) is 0.266. The maximum Gasteiger partial charge on any atom is 0.307 e. The van der Waals surface area contributed by atoms with Crippen LogP contribution in [0.4, 0.5) is 0 Å². The second-order valence-electron chi connectivity index (χ2n) is 5.25. The largest absolute Gasteiger partial charge is 0.467 e. The first-order valence-corrected chi connectivity index (χ1v) is 8.16. The monoisotopic (exact) mass is 349 g/mol. The van der Waals surface area contributed by atoms with Gasteiger partial charge in [-0.3, -0.25) is 9.59 Å². The molecule has 6 heteroatoms. The lowest BCUT2D eigenvalue weighted by molar-refractivity contribution is -0.144. The van der Waals surface area contributed by atoms with Crippen LogP contribution in [0.2, 0.25) is 5.02 Å². The zero-order chi connectivity index (χ0) is 17.4. The highest BCUT2D eigenvalue weighted by Gasteiger charge is 2.17. The van der Waals surface area contributed by atoms with Gasteiger partial charge in [-0.15, -0.1) is 0 Å². The smallest absolute Gasteiger partial charge is 0.307 e. The van der Waals surface area contributed by atoms with Crippen molar-refractivity contribution in [3.8, 4) is 0 Å². The summed E-state index contributed by atoms with van der Waals surface area (Å²) in [5, 5.41) is 0.626. The number of halogens is 1. The van der Waals surface area contributed by atoms with Crippen LogP contribution in [0.3, 0.4) is 0 Å². The van der Waals surface area contributed by atoms with Gasteiger partial charge < -0.3 is 14.1 Å². The van der Waals surface area contributed by atoms with Gasteiger partial charge in [0.25, 0.3) is 0 Å². The molecule has 1 heterocycles. The normalized spacial score (nSPS) is 10.4. The summed E-state index contributed by atoms with van der Waals surface area (Å²) >= 11 is 5.86. The van der Waals surface area contributed by atoms with Crippen LogP contribution in [0.25, 0.3) is 0 Å². The fourth-order valence-corrected chi connectivity index (χ4v) is 2.36. The minimum atomic E-state index is -0.318. The Balaban J connectivity index is 2.01. The highest BCUT2D eigenvalue weighted by Crippen LogP contribution is 2.13. The van der Waals surface area contributed by atoms with E-state index in [2.05, 4.69) is 0 Å². The Morgan fingerprint density at radius 2 is 1.96 bits per heavy atom. The number of amides is 1. The lowest BCUT2D eigenvalue weighted by Crippen LogP contribution is -2.34. The van der Waals surface area contributed by atoms with Gasteiger partial charge in [0.2, 0.25) is 5.91 Å². The van der Waals surface area contributed by atoms with E-state index in [1.165, 1.54) is 0 Å². The molecule has 0 fully saturated rings. The average molecular weight is 350 g/mol. The molecule has 0 spiro atoms. The maximum absolute atomic E-state index is 12.6. The van der Waals surface area contributed by atoms with Gasteiger partial charge in [-0.25, -0.2) is 0 Å². The summed E-state index contributed by atoms with van der Waals surface area (Å²) in [7, 11) is 0. The second kappa shape index (κ2) is 9.13. The second-order valence-corrected chi connectivity index (χ2v) is 5.69. The van der Waals surface area contributed by atoms with Crippen molar-refractivity contribution in [3.63, 3.8) is 0 Å². The van der Waals surface area contributed by atoms with Gasteiger partial charge in [-0.2, -0.15) is 0 Å². The van der Waals surface area contributed by atoms with Gasteiger partial charge in [0.05, 0.1) is 32.3 Å². The van der Waals surface area contributed by atoms with Gasteiger partial charge in [0, 0.05) is 11.6 Å². The molecule has 0 saturated carbocycles. The molecule has 1 aromatic heterocycles. The van der Waals surface area contributed by atoms with Gasteiger partial charge in [0.15, 0.2) is 0 Å². The quantitative estimate of drug-likeness (QED) is 0.685. The Labute approximate surface area is 146 Å². The molecule has 0 atom stereocenters. The molecule has 0 radical (unpaired) electrons. The predicted octanol–water partition coefficient (Wildman–Crippen LogP) is 3.46. The molecule has 0 saturated heterocycles. The number of hydrogen-bond donors (Lipinski definition) is 0. The Morgan fingerprint density at radius 3 is 2.58 bits per heavy atom. The third-order valence-electron chi connectivity index (χ3n) is 3.44. The van der Waals surface area contributed by atoms with Crippen molar-refractivity contribution in [3.05, 3.63) is 59.0 Å². The van der Waals surface area contributed by atoms with Gasteiger partial charge in [-0.05, 0) is 36.8 Å². The molecule has 1 amide bonds. The molecule has 0 bridgehead atoms. The molecule has 128 valence electrons. The molecular weight excluding hydrogens is 330 g/mol. The standard InChI is InChI=1S/C18H20ClNO4/c1-2-23-18(22)9-10-20(13-16-4-3-11-24-16)17(21)12-14-5-7-15(19)8-6-14/h3-8,11H,2,9-10,12-13H2,1H3. The van der Waals surface area contributed by atoms with Gasteiger partial charge >= 0.3 is 5.97 Å². The van der Waals surface area contributed by atoms with Crippen molar-refractivity contribution in [2.24, 2.45) is 0 Å². The van der Waals surface area contributed by atoms with E-state index in [9.17, 15) is 9.59 Å². The van der Waals surface area contributed by atoms with Gasteiger partial charge in [-0.1, -0.05) is 23.7 Å². The fourth-order valence-electron chi connectivity index (χ4n) is 2.23. The van der Waals surface area contributed by atoms with Crippen LogP contribution in [-0.2, 0) is 27.3 Å². The topological polar surface area (TPSA) is 59.8 Å². The summed E-state index contributed by atoms with van der Waals surface area (Å²) in [6, 6.07) is 10.7. The molecule has 0 unspecified atom stereocenters. The molecular formula is C18H20ClNO4. The lowest BCUT2D eigenvalue weighted by atomic mass is 10.1. The van der Waals surface area contributed by atoms with Crippen LogP contribution in [0, 0.1) is 0 Å². The third-order valence-corrected chi connectivity index (χ3v) is 3.69. The molecule has 0 aliphatic carbocycles. The Kier molecular flexibility index (Phi) is 6.88. The predicted molar refractivity (Wildman–Crippen MR) is 90.5 cm³/mol. The van der Waals surface area contributed by atoms with Crippen molar-refractivity contribution in [2.45, 2.75) is 26.3 Å². The van der Waals surface area contributed by atoms with E-state index in [0.29, 0.717) is 23.9 Å². The number of carbonyl (C=O) groups excluding carboxylic acids is 2. The summed E-state index contributed by atoms with van der Waals surface area (Å²) < 4.78 is 10.2. The number of ether oxygens (including phenoxy) is 1. The van der Waals surface area contributed by atoms with Crippen LogP contribution in [0.1, 0.15) is 24.7 Å². The minimum Gasteiger partial charge on any atom is -0.467 e. The summed E-state index contributed by atoms with van der Waals surface area (Å²) in [5.41, 5.74) is 0.866. The molecule has 2 rings (SSSR count). The molecule has 2 aromatic rings. The van der Waals surface area contributed by atoms with Crippen molar-refractivity contribution in [1.82, 2.24) is 4.90 Å².